The van der Waals surface area contributed by atoms with Crippen molar-refractivity contribution in [1.29, 1.82) is 0 Å². The normalized spacial score (nSPS) is 10.9. The Morgan fingerprint density at radius 1 is 1.27 bits per heavy atom. The minimum atomic E-state index is 0.387. The van der Waals surface area contributed by atoms with Crippen LogP contribution in [0.25, 0.3) is 11.1 Å². The first-order chi connectivity index (χ1) is 7.16. The van der Waals surface area contributed by atoms with Crippen molar-refractivity contribution in [3.63, 3.8) is 0 Å². The van der Waals surface area contributed by atoms with E-state index in [1.165, 1.54) is 0 Å². The lowest BCUT2D eigenvalue weighted by Crippen LogP contribution is -1.99. The van der Waals surface area contributed by atoms with Gasteiger partial charge in [-0.1, -0.05) is 23.7 Å². The van der Waals surface area contributed by atoms with Gasteiger partial charge in [0.05, 0.1) is 6.20 Å². The Hall–Kier alpha value is -1.28. The van der Waals surface area contributed by atoms with Crippen molar-refractivity contribution in [2.45, 2.75) is 19.9 Å². The molecule has 0 amide bonds. The number of hydrogen-bond acceptors (Lipinski definition) is 1. The molecule has 1 heterocycles. The van der Waals surface area contributed by atoms with Crippen LogP contribution in [0.5, 0.6) is 0 Å². The maximum absolute atomic E-state index is 5.94. The minimum absolute atomic E-state index is 0.387. The quantitative estimate of drug-likeness (QED) is 0.753. The fraction of sp³-hybridized carbons (Fsp3) is 0.250. The molecule has 15 heavy (non-hydrogen) atoms. The number of rotatable bonds is 2. The maximum atomic E-state index is 5.94. The van der Waals surface area contributed by atoms with Crippen LogP contribution in [0.3, 0.4) is 0 Å². The molecular weight excluding hydrogens is 208 g/mol. The molecule has 0 unspecified atom stereocenters. The third-order valence-corrected chi connectivity index (χ3v) is 2.52. The van der Waals surface area contributed by atoms with Crippen molar-refractivity contribution in [2.75, 3.05) is 0 Å². The fourth-order valence-electron chi connectivity index (χ4n) is 1.44. The largest absolute Gasteiger partial charge is 0.270 e. The summed E-state index contributed by atoms with van der Waals surface area (Å²) >= 11 is 5.94. The molecular formula is C12H13ClN2. The van der Waals surface area contributed by atoms with E-state index in [4.69, 9.17) is 11.6 Å². The molecule has 2 aromatic rings. The van der Waals surface area contributed by atoms with Crippen molar-refractivity contribution >= 4 is 11.6 Å². The molecule has 0 saturated carbocycles. The molecule has 0 N–H and O–H groups in total. The van der Waals surface area contributed by atoms with Crippen LogP contribution in [0.15, 0.2) is 36.7 Å². The van der Waals surface area contributed by atoms with Crippen LogP contribution in [0, 0.1) is 0 Å². The van der Waals surface area contributed by atoms with Crippen molar-refractivity contribution in [3.8, 4) is 11.1 Å². The summed E-state index contributed by atoms with van der Waals surface area (Å²) in [6.45, 7) is 4.21. The van der Waals surface area contributed by atoms with Crippen molar-refractivity contribution in [2.24, 2.45) is 0 Å². The van der Waals surface area contributed by atoms with Gasteiger partial charge in [0, 0.05) is 22.8 Å². The zero-order valence-electron chi connectivity index (χ0n) is 8.81. The maximum Gasteiger partial charge on any atom is 0.0568 e. The average Bonchev–Trinajstić information content (AvgIpc) is 2.66. The summed E-state index contributed by atoms with van der Waals surface area (Å²) in [5.41, 5.74) is 2.21. The van der Waals surface area contributed by atoms with Gasteiger partial charge in [-0.2, -0.15) is 5.10 Å². The molecule has 78 valence electrons. The van der Waals surface area contributed by atoms with E-state index < -0.39 is 0 Å². The van der Waals surface area contributed by atoms with E-state index >= 15 is 0 Å². The van der Waals surface area contributed by atoms with Gasteiger partial charge in [-0.15, -0.1) is 0 Å². The van der Waals surface area contributed by atoms with E-state index in [1.54, 1.807) is 0 Å². The molecule has 2 rings (SSSR count). The van der Waals surface area contributed by atoms with E-state index in [-0.39, 0.29) is 0 Å². The first kappa shape index (κ1) is 10.2. The average molecular weight is 221 g/mol. The van der Waals surface area contributed by atoms with Crippen LogP contribution in [0.2, 0.25) is 5.02 Å². The fourth-order valence-corrected chi connectivity index (χ4v) is 1.63. The van der Waals surface area contributed by atoms with Crippen molar-refractivity contribution in [3.05, 3.63) is 41.7 Å². The SMILES string of the molecule is CC(C)n1cc(-c2cccc(Cl)c2)cn1. The predicted octanol–water partition coefficient (Wildman–Crippen LogP) is 3.78. The van der Waals surface area contributed by atoms with E-state index in [2.05, 4.69) is 18.9 Å². The van der Waals surface area contributed by atoms with E-state index in [0.29, 0.717) is 6.04 Å². The Morgan fingerprint density at radius 3 is 2.67 bits per heavy atom. The molecule has 0 fully saturated rings. The van der Waals surface area contributed by atoms with Gasteiger partial charge in [-0.05, 0) is 31.5 Å². The van der Waals surface area contributed by atoms with Crippen LogP contribution in [0.1, 0.15) is 19.9 Å². The molecule has 0 aliphatic carbocycles. The number of benzene rings is 1. The second kappa shape index (κ2) is 4.07. The summed E-state index contributed by atoms with van der Waals surface area (Å²) in [4.78, 5) is 0. The van der Waals surface area contributed by atoms with Gasteiger partial charge in [0.15, 0.2) is 0 Å². The van der Waals surface area contributed by atoms with Crippen molar-refractivity contribution in [1.82, 2.24) is 9.78 Å². The number of nitrogens with zero attached hydrogens (tertiary/aromatic N) is 2. The lowest BCUT2D eigenvalue weighted by Gasteiger charge is -2.03. The molecule has 0 atom stereocenters. The third-order valence-electron chi connectivity index (χ3n) is 2.29. The summed E-state index contributed by atoms with van der Waals surface area (Å²) in [5.74, 6) is 0. The van der Waals surface area contributed by atoms with Crippen LogP contribution in [-0.4, -0.2) is 9.78 Å². The van der Waals surface area contributed by atoms with Crippen LogP contribution in [-0.2, 0) is 0 Å². The lowest BCUT2D eigenvalue weighted by molar-refractivity contribution is 0.532. The first-order valence-electron chi connectivity index (χ1n) is 4.97. The smallest absolute Gasteiger partial charge is 0.0568 e. The molecule has 0 aliphatic rings. The highest BCUT2D eigenvalue weighted by Gasteiger charge is 2.03. The molecule has 0 radical (unpaired) electrons. The minimum Gasteiger partial charge on any atom is -0.270 e. The van der Waals surface area contributed by atoms with Gasteiger partial charge < -0.3 is 0 Å². The van der Waals surface area contributed by atoms with Gasteiger partial charge >= 0.3 is 0 Å². The highest BCUT2D eigenvalue weighted by molar-refractivity contribution is 6.30. The molecule has 0 spiro atoms. The predicted molar refractivity (Wildman–Crippen MR) is 63.1 cm³/mol. The number of hydrogen-bond donors (Lipinski definition) is 0. The number of halogens is 1. The van der Waals surface area contributed by atoms with E-state index in [9.17, 15) is 0 Å². The summed E-state index contributed by atoms with van der Waals surface area (Å²) in [5, 5.41) is 5.05. The monoisotopic (exact) mass is 220 g/mol. The molecule has 0 saturated heterocycles. The van der Waals surface area contributed by atoms with Gasteiger partial charge in [-0.25, -0.2) is 0 Å². The highest BCUT2D eigenvalue weighted by Crippen LogP contribution is 2.22. The Bertz CT molecular complexity index is 460. The molecule has 3 heteroatoms. The molecule has 1 aromatic heterocycles. The van der Waals surface area contributed by atoms with Crippen LogP contribution in [0.4, 0.5) is 0 Å². The molecule has 1 aromatic carbocycles. The second-order valence-electron chi connectivity index (χ2n) is 3.81. The van der Waals surface area contributed by atoms with E-state index in [1.807, 2.05) is 41.3 Å². The summed E-state index contributed by atoms with van der Waals surface area (Å²) < 4.78 is 1.94. The van der Waals surface area contributed by atoms with Gasteiger partial charge in [0.25, 0.3) is 0 Å². The second-order valence-corrected chi connectivity index (χ2v) is 4.25. The summed E-state index contributed by atoms with van der Waals surface area (Å²) in [6, 6.07) is 8.19. The molecule has 0 bridgehead atoms. The third kappa shape index (κ3) is 2.21. The number of aromatic nitrogens is 2. The van der Waals surface area contributed by atoms with Gasteiger partial charge in [0.1, 0.15) is 0 Å². The Balaban J connectivity index is 2.37. The Kier molecular flexibility index (Phi) is 2.78. The Labute approximate surface area is 94.5 Å². The summed E-state index contributed by atoms with van der Waals surface area (Å²) in [6.07, 6.45) is 3.90. The topological polar surface area (TPSA) is 17.8 Å². The zero-order valence-corrected chi connectivity index (χ0v) is 9.57. The van der Waals surface area contributed by atoms with Gasteiger partial charge in [0.2, 0.25) is 0 Å². The van der Waals surface area contributed by atoms with Crippen molar-refractivity contribution < 1.29 is 0 Å². The summed E-state index contributed by atoms with van der Waals surface area (Å²) in [7, 11) is 0. The van der Waals surface area contributed by atoms with Gasteiger partial charge in [-0.3, -0.25) is 4.68 Å². The molecule has 0 aliphatic heterocycles. The standard InChI is InChI=1S/C12H13ClN2/c1-9(2)15-8-11(7-14-15)10-4-3-5-12(13)6-10/h3-9H,1-2H3. The first-order valence-corrected chi connectivity index (χ1v) is 5.34. The lowest BCUT2D eigenvalue weighted by atomic mass is 10.1. The Morgan fingerprint density at radius 2 is 2.07 bits per heavy atom. The zero-order chi connectivity index (χ0) is 10.8. The highest BCUT2D eigenvalue weighted by atomic mass is 35.5. The van der Waals surface area contributed by atoms with Crippen LogP contribution >= 0.6 is 11.6 Å². The molecule has 2 nitrogen and oxygen atoms in total. The van der Waals surface area contributed by atoms with E-state index in [0.717, 1.165) is 16.1 Å². The van der Waals surface area contributed by atoms with Crippen LogP contribution < -0.4 is 0 Å².